The number of hydrogen-bond acceptors (Lipinski definition) is 7. The molecule has 0 saturated carbocycles. The van der Waals surface area contributed by atoms with Gasteiger partial charge in [-0.3, -0.25) is 4.79 Å². The summed E-state index contributed by atoms with van der Waals surface area (Å²) in [5, 5.41) is 15.7. The molecule has 0 aliphatic carbocycles. The molecule has 4 aromatic rings. The molecule has 4 amide bonds. The molecule has 5 heterocycles. The Morgan fingerprint density at radius 1 is 1.11 bits per heavy atom. The Labute approximate surface area is 220 Å². The third-order valence-corrected chi connectivity index (χ3v) is 7.50. The Balaban J connectivity index is 1.28. The number of thiophene rings is 1. The van der Waals surface area contributed by atoms with Gasteiger partial charge in [0.2, 0.25) is 0 Å². The molecular formula is C26H22N6O5S. The third kappa shape index (κ3) is 4.34. The van der Waals surface area contributed by atoms with Crippen molar-refractivity contribution in [2.75, 3.05) is 23.3 Å². The van der Waals surface area contributed by atoms with Crippen LogP contribution in [0.2, 0.25) is 0 Å². The maximum absolute atomic E-state index is 13.3. The van der Waals surface area contributed by atoms with Gasteiger partial charge in [-0.05, 0) is 43.2 Å². The van der Waals surface area contributed by atoms with Crippen LogP contribution in [0.3, 0.4) is 0 Å². The predicted molar refractivity (Wildman–Crippen MR) is 142 cm³/mol. The maximum atomic E-state index is 13.3. The first-order chi connectivity index (χ1) is 18.5. The smallest absolute Gasteiger partial charge is 0.407 e. The van der Waals surface area contributed by atoms with Crippen molar-refractivity contribution in [2.45, 2.75) is 18.9 Å². The molecule has 3 N–H and O–H groups in total. The number of urea groups is 1. The number of hydrogen-bond donors (Lipinski definition) is 3. The largest absolute Gasteiger partial charge is 0.465 e. The highest BCUT2D eigenvalue weighted by atomic mass is 32.1. The Bertz CT molecular complexity index is 1540. The van der Waals surface area contributed by atoms with Crippen LogP contribution in [0, 0.1) is 0 Å². The number of aromatic nitrogens is 2. The molecule has 1 fully saturated rings. The first-order valence-corrected chi connectivity index (χ1v) is 12.8. The summed E-state index contributed by atoms with van der Waals surface area (Å²) in [6, 6.07) is 13.7. The number of para-hydroxylation sites is 1. The lowest BCUT2D eigenvalue weighted by Crippen LogP contribution is -2.49. The zero-order valence-corrected chi connectivity index (χ0v) is 20.8. The highest BCUT2D eigenvalue weighted by Crippen LogP contribution is 2.45. The molecule has 0 bridgehead atoms. The highest BCUT2D eigenvalue weighted by Gasteiger charge is 2.34. The van der Waals surface area contributed by atoms with Gasteiger partial charge in [0, 0.05) is 25.3 Å². The van der Waals surface area contributed by atoms with Crippen LogP contribution in [-0.4, -0.2) is 57.1 Å². The van der Waals surface area contributed by atoms with E-state index in [2.05, 4.69) is 20.6 Å². The first-order valence-electron chi connectivity index (χ1n) is 12.0. The maximum Gasteiger partial charge on any atom is 0.407 e. The number of carboxylic acid groups (broad SMARTS) is 1. The van der Waals surface area contributed by atoms with Crippen molar-refractivity contribution in [3.05, 3.63) is 65.8 Å². The van der Waals surface area contributed by atoms with Gasteiger partial charge in [0.1, 0.15) is 27.0 Å². The quantitative estimate of drug-likeness (QED) is 0.329. The summed E-state index contributed by atoms with van der Waals surface area (Å²) in [6.07, 6.45) is 3.46. The van der Waals surface area contributed by atoms with E-state index in [0.717, 1.165) is 0 Å². The van der Waals surface area contributed by atoms with E-state index < -0.39 is 12.1 Å². The van der Waals surface area contributed by atoms with Crippen molar-refractivity contribution < 1.29 is 24.2 Å². The summed E-state index contributed by atoms with van der Waals surface area (Å²) in [7, 11) is 0. The van der Waals surface area contributed by atoms with E-state index in [9.17, 15) is 19.5 Å². The molecule has 1 aromatic carbocycles. The second-order valence-corrected chi connectivity index (χ2v) is 9.89. The number of benzene rings is 1. The van der Waals surface area contributed by atoms with E-state index in [-0.39, 0.29) is 18.5 Å². The summed E-state index contributed by atoms with van der Waals surface area (Å²) in [6.45, 7) is 0.670. The van der Waals surface area contributed by atoms with Crippen LogP contribution in [0.4, 0.5) is 26.8 Å². The zero-order valence-electron chi connectivity index (χ0n) is 20.0. The number of ether oxygens (including phenoxy) is 1. The van der Waals surface area contributed by atoms with Gasteiger partial charge in [0.05, 0.1) is 23.0 Å². The van der Waals surface area contributed by atoms with E-state index in [4.69, 9.17) is 4.74 Å². The Morgan fingerprint density at radius 3 is 2.71 bits per heavy atom. The molecule has 0 radical (unpaired) electrons. The lowest BCUT2D eigenvalue weighted by atomic mass is 10.1. The Morgan fingerprint density at radius 2 is 1.95 bits per heavy atom. The van der Waals surface area contributed by atoms with Crippen LogP contribution < -0.4 is 20.3 Å². The highest BCUT2D eigenvalue weighted by molar-refractivity contribution is 7.21. The van der Waals surface area contributed by atoms with Gasteiger partial charge < -0.3 is 25.4 Å². The van der Waals surface area contributed by atoms with Crippen LogP contribution in [-0.2, 0) is 0 Å². The molecule has 1 saturated heterocycles. The van der Waals surface area contributed by atoms with Gasteiger partial charge >= 0.3 is 12.1 Å². The first kappa shape index (κ1) is 23.7. The molecule has 6 rings (SSSR count). The minimum Gasteiger partial charge on any atom is -0.465 e. The van der Waals surface area contributed by atoms with Gasteiger partial charge in [0.15, 0.2) is 0 Å². The van der Waals surface area contributed by atoms with E-state index in [1.54, 1.807) is 30.6 Å². The third-order valence-electron chi connectivity index (χ3n) is 6.41. The van der Waals surface area contributed by atoms with Crippen LogP contribution >= 0.6 is 11.3 Å². The predicted octanol–water partition coefficient (Wildman–Crippen LogP) is 5.04. The Hall–Kier alpha value is -4.71. The standard InChI is InChI=1S/C26H22N6O5S/c33-23(29-15-5-4-12-31(14-15)26(35)36)22-21-20-18(10-11-27-24(20)38-22)32(25(34)30-21)19-9-8-17(13-28-19)37-16-6-2-1-3-7-16/h1-3,6-11,13,15H,4-5,12,14H2,(H,29,33)(H,30,34)(H,35,36). The van der Waals surface area contributed by atoms with Crippen LogP contribution in [0.25, 0.3) is 10.2 Å². The molecule has 192 valence electrons. The monoisotopic (exact) mass is 530 g/mol. The van der Waals surface area contributed by atoms with Crippen molar-refractivity contribution in [3.63, 3.8) is 0 Å². The van der Waals surface area contributed by atoms with Crippen molar-refractivity contribution in [3.8, 4) is 11.5 Å². The van der Waals surface area contributed by atoms with E-state index in [0.29, 0.717) is 63.2 Å². The number of amides is 4. The number of carbonyl (C=O) groups excluding carboxylic acids is 2. The van der Waals surface area contributed by atoms with Crippen molar-refractivity contribution in [2.24, 2.45) is 0 Å². The summed E-state index contributed by atoms with van der Waals surface area (Å²) < 4.78 is 5.80. The lowest BCUT2D eigenvalue weighted by Gasteiger charge is -2.31. The molecule has 1 atom stereocenters. The van der Waals surface area contributed by atoms with Crippen molar-refractivity contribution in [1.82, 2.24) is 20.2 Å². The number of likely N-dealkylation sites (tertiary alicyclic amines) is 1. The summed E-state index contributed by atoms with van der Waals surface area (Å²) in [5.41, 5.74) is 0.949. The minimum absolute atomic E-state index is 0.223. The second-order valence-electron chi connectivity index (χ2n) is 8.89. The number of nitrogens with zero attached hydrogens (tertiary/aromatic N) is 4. The minimum atomic E-state index is -1.00. The average molecular weight is 531 g/mol. The van der Waals surface area contributed by atoms with E-state index in [1.165, 1.54) is 21.1 Å². The van der Waals surface area contributed by atoms with Crippen molar-refractivity contribution >= 4 is 56.8 Å². The van der Waals surface area contributed by atoms with Crippen LogP contribution in [0.5, 0.6) is 11.5 Å². The molecule has 1 unspecified atom stereocenters. The summed E-state index contributed by atoms with van der Waals surface area (Å²) in [5.74, 6) is 1.21. The number of nitrogens with one attached hydrogen (secondary N) is 2. The number of piperidine rings is 1. The second kappa shape index (κ2) is 9.63. The number of anilines is 3. The zero-order chi connectivity index (χ0) is 26.2. The van der Waals surface area contributed by atoms with E-state index in [1.807, 2.05) is 30.3 Å². The van der Waals surface area contributed by atoms with Gasteiger partial charge in [-0.1, -0.05) is 18.2 Å². The average Bonchev–Trinajstić information content (AvgIpc) is 3.30. The number of carbonyl (C=O) groups is 3. The Kier molecular flexibility index (Phi) is 6.00. The van der Waals surface area contributed by atoms with E-state index >= 15 is 0 Å². The molecule has 12 heteroatoms. The molecule has 3 aromatic heterocycles. The van der Waals surface area contributed by atoms with Crippen LogP contribution in [0.1, 0.15) is 22.5 Å². The van der Waals surface area contributed by atoms with Gasteiger partial charge in [0.25, 0.3) is 5.91 Å². The fourth-order valence-electron chi connectivity index (χ4n) is 4.68. The van der Waals surface area contributed by atoms with Gasteiger partial charge in [-0.25, -0.2) is 24.5 Å². The lowest BCUT2D eigenvalue weighted by molar-refractivity contribution is 0.0893. The molecule has 2 aliphatic rings. The number of rotatable bonds is 5. The van der Waals surface area contributed by atoms with Gasteiger partial charge in [-0.15, -0.1) is 11.3 Å². The topological polar surface area (TPSA) is 137 Å². The summed E-state index contributed by atoms with van der Waals surface area (Å²) >= 11 is 1.17. The van der Waals surface area contributed by atoms with Gasteiger partial charge in [-0.2, -0.15) is 0 Å². The molecule has 2 aliphatic heterocycles. The molecule has 11 nitrogen and oxygen atoms in total. The fraction of sp³-hybridized carbons (Fsp3) is 0.192. The SMILES string of the molecule is O=C(NC1CCCN(C(=O)O)C1)c1sc2nccc3c2c1NC(=O)N3c1ccc(Oc2ccccc2)cn1. The van der Waals surface area contributed by atoms with Crippen LogP contribution in [0.15, 0.2) is 60.9 Å². The number of pyridine rings is 2. The van der Waals surface area contributed by atoms with Crippen molar-refractivity contribution in [1.29, 1.82) is 0 Å². The summed E-state index contributed by atoms with van der Waals surface area (Å²) in [4.78, 5) is 50.4. The molecule has 38 heavy (non-hydrogen) atoms. The fourth-order valence-corrected chi connectivity index (χ4v) is 5.70. The normalized spacial score (nSPS) is 16.7. The molecular weight excluding hydrogens is 508 g/mol. The molecule has 0 spiro atoms.